The first-order chi connectivity index (χ1) is 10.5. The largest absolute Gasteiger partial charge is 0.338 e. The lowest BCUT2D eigenvalue weighted by molar-refractivity contribution is 0.373. The van der Waals surface area contributed by atoms with E-state index >= 15 is 0 Å². The van der Waals surface area contributed by atoms with E-state index in [2.05, 4.69) is 50.0 Å². The summed E-state index contributed by atoms with van der Waals surface area (Å²) in [5, 5.41) is 6.28. The Morgan fingerprint density at radius 3 is 2.59 bits per heavy atom. The molecule has 5 heteroatoms. The van der Waals surface area contributed by atoms with Crippen LogP contribution in [0.1, 0.15) is 49.2 Å². The monoisotopic (exact) mass is 313 g/mol. The van der Waals surface area contributed by atoms with Crippen LogP contribution in [0.25, 0.3) is 10.9 Å². The zero-order chi connectivity index (χ0) is 15.7. The molecule has 0 radical (unpaired) electrons. The molecule has 0 amide bonds. The third-order valence-corrected chi connectivity index (χ3v) is 4.52. The second kappa shape index (κ2) is 6.08. The van der Waals surface area contributed by atoms with Crippen LogP contribution in [0.3, 0.4) is 0 Å². The van der Waals surface area contributed by atoms with E-state index < -0.39 is 0 Å². The van der Waals surface area contributed by atoms with Gasteiger partial charge in [0.05, 0.1) is 15.8 Å². The van der Waals surface area contributed by atoms with Crippen LogP contribution in [0.2, 0.25) is 0 Å². The highest BCUT2D eigenvalue weighted by Crippen LogP contribution is 2.34. The number of hydrogen-bond acceptors (Lipinski definition) is 5. The van der Waals surface area contributed by atoms with Crippen LogP contribution in [0.15, 0.2) is 39.9 Å². The van der Waals surface area contributed by atoms with Crippen LogP contribution in [0.4, 0.5) is 0 Å². The molecule has 114 valence electrons. The second-order valence-electron chi connectivity index (χ2n) is 5.70. The third kappa shape index (κ3) is 2.99. The summed E-state index contributed by atoms with van der Waals surface area (Å²) in [7, 11) is 0. The van der Waals surface area contributed by atoms with Gasteiger partial charge in [0.1, 0.15) is 0 Å². The molecule has 0 spiro atoms. The number of benzene rings is 1. The van der Waals surface area contributed by atoms with Gasteiger partial charge in [0.25, 0.3) is 0 Å². The predicted molar refractivity (Wildman–Crippen MR) is 89.1 cm³/mol. The molecule has 2 heterocycles. The molecule has 0 saturated heterocycles. The van der Waals surface area contributed by atoms with Crippen molar-refractivity contribution in [2.45, 2.75) is 43.9 Å². The van der Waals surface area contributed by atoms with Gasteiger partial charge < -0.3 is 4.52 Å². The zero-order valence-electron chi connectivity index (χ0n) is 13.2. The minimum absolute atomic E-state index is 0.0769. The topological polar surface area (TPSA) is 51.8 Å². The Kier molecular flexibility index (Phi) is 4.16. The molecule has 0 unspecified atom stereocenters. The SMILES string of the molecule is Cc1cc(S[C@@H](C)c2nc(C(C)C)no2)nc2ccccc12. The van der Waals surface area contributed by atoms with Crippen molar-refractivity contribution < 1.29 is 4.52 Å². The standard InChI is InChI=1S/C17H19N3OS/c1-10(2)16-19-17(21-20-16)12(4)22-15-9-11(3)13-7-5-6-8-14(13)18-15/h5-10,12H,1-4H3/t12-/m0/s1. The second-order valence-corrected chi connectivity index (χ2v) is 7.06. The van der Waals surface area contributed by atoms with Crippen LogP contribution in [-0.4, -0.2) is 15.1 Å². The van der Waals surface area contributed by atoms with Crippen LogP contribution in [0, 0.1) is 6.92 Å². The van der Waals surface area contributed by atoms with Crippen LogP contribution >= 0.6 is 11.8 Å². The fourth-order valence-electron chi connectivity index (χ4n) is 2.26. The molecule has 0 bridgehead atoms. The molecule has 0 fully saturated rings. The highest BCUT2D eigenvalue weighted by molar-refractivity contribution is 7.99. The number of nitrogens with zero attached hydrogens (tertiary/aromatic N) is 3. The Bertz CT molecular complexity index is 797. The lowest BCUT2D eigenvalue weighted by atomic mass is 10.1. The summed E-state index contributed by atoms with van der Waals surface area (Å²) in [5.74, 6) is 1.68. The first kappa shape index (κ1) is 15.0. The maximum atomic E-state index is 5.37. The molecule has 22 heavy (non-hydrogen) atoms. The van der Waals surface area contributed by atoms with Gasteiger partial charge in [-0.05, 0) is 31.5 Å². The van der Waals surface area contributed by atoms with Gasteiger partial charge in [-0.1, -0.05) is 49.0 Å². The van der Waals surface area contributed by atoms with Crippen molar-refractivity contribution in [1.29, 1.82) is 0 Å². The summed E-state index contributed by atoms with van der Waals surface area (Å²) < 4.78 is 5.37. The first-order valence-corrected chi connectivity index (χ1v) is 8.29. The van der Waals surface area contributed by atoms with E-state index in [1.807, 2.05) is 18.2 Å². The van der Waals surface area contributed by atoms with Gasteiger partial charge in [0.15, 0.2) is 5.82 Å². The molecule has 2 aromatic heterocycles. The Balaban J connectivity index is 1.85. The van der Waals surface area contributed by atoms with E-state index in [0.29, 0.717) is 5.89 Å². The van der Waals surface area contributed by atoms with Crippen molar-refractivity contribution in [3.8, 4) is 0 Å². The fraction of sp³-hybridized carbons (Fsp3) is 0.353. The minimum atomic E-state index is 0.0769. The number of pyridine rings is 1. The molecule has 0 saturated carbocycles. The lowest BCUT2D eigenvalue weighted by Gasteiger charge is -2.08. The van der Waals surface area contributed by atoms with Gasteiger partial charge in [-0.25, -0.2) is 4.98 Å². The predicted octanol–water partition coefficient (Wildman–Crippen LogP) is 4.90. The average Bonchev–Trinajstić information content (AvgIpc) is 2.97. The van der Waals surface area contributed by atoms with Crippen molar-refractivity contribution in [3.63, 3.8) is 0 Å². The molecular formula is C17H19N3OS. The number of hydrogen-bond donors (Lipinski definition) is 0. The Labute approximate surface area is 134 Å². The molecule has 1 aromatic carbocycles. The highest BCUT2D eigenvalue weighted by atomic mass is 32.2. The summed E-state index contributed by atoms with van der Waals surface area (Å²) in [4.78, 5) is 9.18. The van der Waals surface area contributed by atoms with Crippen molar-refractivity contribution in [1.82, 2.24) is 15.1 Å². The average molecular weight is 313 g/mol. The van der Waals surface area contributed by atoms with Gasteiger partial charge >= 0.3 is 0 Å². The van der Waals surface area contributed by atoms with E-state index in [9.17, 15) is 0 Å². The molecule has 0 aliphatic heterocycles. The molecule has 3 aromatic rings. The molecule has 0 aliphatic rings. The summed E-state index contributed by atoms with van der Waals surface area (Å²) in [6.45, 7) is 8.29. The molecule has 0 aliphatic carbocycles. The van der Waals surface area contributed by atoms with E-state index in [1.165, 1.54) is 10.9 Å². The van der Waals surface area contributed by atoms with Gasteiger partial charge in [0.2, 0.25) is 5.89 Å². The summed E-state index contributed by atoms with van der Waals surface area (Å²) >= 11 is 1.64. The number of aromatic nitrogens is 3. The van der Waals surface area contributed by atoms with E-state index in [-0.39, 0.29) is 11.2 Å². The molecule has 3 rings (SSSR count). The van der Waals surface area contributed by atoms with Crippen LogP contribution < -0.4 is 0 Å². The van der Waals surface area contributed by atoms with Gasteiger partial charge in [-0.3, -0.25) is 0 Å². The number of rotatable bonds is 4. The Hall–Kier alpha value is -1.88. The summed E-state index contributed by atoms with van der Waals surface area (Å²) in [6.07, 6.45) is 0. The summed E-state index contributed by atoms with van der Waals surface area (Å²) in [6, 6.07) is 10.3. The molecule has 0 N–H and O–H groups in total. The maximum absolute atomic E-state index is 5.37. The lowest BCUT2D eigenvalue weighted by Crippen LogP contribution is -1.94. The maximum Gasteiger partial charge on any atom is 0.239 e. The van der Waals surface area contributed by atoms with Crippen molar-refractivity contribution in [2.24, 2.45) is 0 Å². The van der Waals surface area contributed by atoms with E-state index in [0.717, 1.165) is 16.4 Å². The van der Waals surface area contributed by atoms with Crippen LogP contribution in [0.5, 0.6) is 0 Å². The first-order valence-electron chi connectivity index (χ1n) is 7.41. The number of aryl methyl sites for hydroxylation is 1. The smallest absolute Gasteiger partial charge is 0.239 e. The highest BCUT2D eigenvalue weighted by Gasteiger charge is 2.18. The number of thioether (sulfide) groups is 1. The number of para-hydroxylation sites is 1. The normalized spacial score (nSPS) is 13.0. The number of fused-ring (bicyclic) bond motifs is 1. The molecular weight excluding hydrogens is 294 g/mol. The van der Waals surface area contributed by atoms with Gasteiger partial charge in [-0.2, -0.15) is 4.98 Å². The molecule has 4 nitrogen and oxygen atoms in total. The van der Waals surface area contributed by atoms with Gasteiger partial charge in [0, 0.05) is 11.3 Å². The quantitative estimate of drug-likeness (QED) is 0.641. The minimum Gasteiger partial charge on any atom is -0.338 e. The Morgan fingerprint density at radius 2 is 1.86 bits per heavy atom. The third-order valence-electron chi connectivity index (χ3n) is 3.52. The van der Waals surface area contributed by atoms with Crippen molar-refractivity contribution in [3.05, 3.63) is 47.6 Å². The summed E-state index contributed by atoms with van der Waals surface area (Å²) in [5.41, 5.74) is 2.25. The molecule has 1 atom stereocenters. The van der Waals surface area contributed by atoms with Crippen molar-refractivity contribution in [2.75, 3.05) is 0 Å². The van der Waals surface area contributed by atoms with E-state index in [4.69, 9.17) is 9.51 Å². The van der Waals surface area contributed by atoms with Crippen LogP contribution in [-0.2, 0) is 0 Å². The zero-order valence-corrected chi connectivity index (χ0v) is 14.0. The van der Waals surface area contributed by atoms with Crippen molar-refractivity contribution >= 4 is 22.7 Å². The fourth-order valence-corrected chi connectivity index (χ4v) is 3.21. The van der Waals surface area contributed by atoms with E-state index in [1.54, 1.807) is 11.8 Å². The van der Waals surface area contributed by atoms with Gasteiger partial charge in [-0.15, -0.1) is 0 Å². The Morgan fingerprint density at radius 1 is 1.09 bits per heavy atom.